The van der Waals surface area contributed by atoms with Crippen LogP contribution < -0.4 is 9.47 Å². The van der Waals surface area contributed by atoms with E-state index in [1.165, 1.54) is 21.0 Å². The Balaban J connectivity index is 1.66. The zero-order chi connectivity index (χ0) is 31.0. The number of ether oxygens (including phenoxy) is 3. The predicted octanol–water partition coefficient (Wildman–Crippen LogP) is 6.40. The van der Waals surface area contributed by atoms with Crippen molar-refractivity contribution in [2.24, 2.45) is 33.5 Å². The molecule has 228 valence electrons. The summed E-state index contributed by atoms with van der Waals surface area (Å²) in [5.41, 5.74) is -0.409. The van der Waals surface area contributed by atoms with Crippen molar-refractivity contribution in [3.05, 3.63) is 22.8 Å². The van der Waals surface area contributed by atoms with Gasteiger partial charge in [-0.2, -0.15) is 0 Å². The number of fused-ring (bicyclic) bond motifs is 7. The topological polar surface area (TPSA) is 113 Å². The molecule has 8 nitrogen and oxygen atoms in total. The maximum atomic E-state index is 14.1. The molecule has 3 saturated carbocycles. The van der Waals surface area contributed by atoms with Crippen LogP contribution in [0.3, 0.4) is 0 Å². The Morgan fingerprint density at radius 1 is 0.857 bits per heavy atom. The molecule has 3 fully saturated rings. The number of aldehydes is 1. The van der Waals surface area contributed by atoms with Gasteiger partial charge in [-0.3, -0.25) is 24.0 Å². The molecule has 4 aliphatic rings. The molecule has 0 bridgehead atoms. The smallest absolute Gasteiger partial charge is 0.311 e. The van der Waals surface area contributed by atoms with Crippen molar-refractivity contribution in [2.75, 3.05) is 7.11 Å². The van der Waals surface area contributed by atoms with E-state index in [0.29, 0.717) is 11.8 Å². The molecule has 0 aliphatic heterocycles. The maximum Gasteiger partial charge on any atom is 0.311 e. The van der Waals surface area contributed by atoms with Crippen molar-refractivity contribution in [3.8, 4) is 11.5 Å². The molecule has 0 N–H and O–H groups in total. The largest absolute Gasteiger partial charge is 0.469 e. The van der Waals surface area contributed by atoms with Gasteiger partial charge in [0, 0.05) is 25.8 Å². The minimum absolute atomic E-state index is 0.0240. The van der Waals surface area contributed by atoms with Crippen molar-refractivity contribution < 1.29 is 38.2 Å². The van der Waals surface area contributed by atoms with Gasteiger partial charge in [-0.1, -0.05) is 27.7 Å². The van der Waals surface area contributed by atoms with Crippen LogP contribution in [-0.2, 0) is 24.5 Å². The normalized spacial score (nSPS) is 38.6. The van der Waals surface area contributed by atoms with Gasteiger partial charge in [0.05, 0.1) is 18.1 Å². The van der Waals surface area contributed by atoms with E-state index in [4.69, 9.17) is 14.2 Å². The van der Waals surface area contributed by atoms with Crippen LogP contribution in [-0.4, -0.2) is 37.1 Å². The van der Waals surface area contributed by atoms with Gasteiger partial charge in [0.2, 0.25) is 0 Å². The highest BCUT2D eigenvalue weighted by Gasteiger charge is 2.69. The van der Waals surface area contributed by atoms with Crippen LogP contribution in [0.4, 0.5) is 0 Å². The lowest BCUT2D eigenvalue weighted by Crippen LogP contribution is -2.66. The summed E-state index contributed by atoms with van der Waals surface area (Å²) in [6, 6.07) is 1.65. The van der Waals surface area contributed by atoms with E-state index in [-0.39, 0.29) is 68.9 Å². The van der Waals surface area contributed by atoms with Gasteiger partial charge in [-0.25, -0.2) is 0 Å². The number of methoxy groups -OCH3 is 1. The standard InChI is InChI=1S/C34H44O8/c1-19(36)41-24-15-22-27(21(18-35)28(24)42-20(2)37)23(38)16-25-32(22,5)12-14-34(7)26-17-31(4,29(39)40-8)10-9-30(26,3)11-13-33(25,34)6/h15,18,25-26H,9-14,16-17H2,1-8H3/t25?,26?,30-,31-,32+,33-,34+/m1/s1. The zero-order valence-electron chi connectivity index (χ0n) is 26.2. The van der Waals surface area contributed by atoms with Crippen LogP contribution in [0, 0.1) is 33.5 Å². The summed E-state index contributed by atoms with van der Waals surface area (Å²) in [7, 11) is 1.47. The number of hydrogen-bond acceptors (Lipinski definition) is 8. The number of carbonyl (C=O) groups is 5. The molecule has 42 heavy (non-hydrogen) atoms. The van der Waals surface area contributed by atoms with Crippen molar-refractivity contribution in [3.63, 3.8) is 0 Å². The lowest BCUT2D eigenvalue weighted by molar-refractivity contribution is -0.212. The lowest BCUT2D eigenvalue weighted by atomic mass is 9.32. The Hall–Kier alpha value is -3.03. The molecule has 1 aromatic carbocycles. The molecule has 4 aliphatic carbocycles. The quantitative estimate of drug-likeness (QED) is 0.229. The van der Waals surface area contributed by atoms with Gasteiger partial charge in [0.1, 0.15) is 0 Å². The van der Waals surface area contributed by atoms with Gasteiger partial charge in [0.25, 0.3) is 0 Å². The Morgan fingerprint density at radius 3 is 2.05 bits per heavy atom. The summed E-state index contributed by atoms with van der Waals surface area (Å²) in [6.45, 7) is 13.7. The molecule has 0 aromatic heterocycles. The fourth-order valence-corrected chi connectivity index (χ4v) is 9.98. The molecule has 7 atom stereocenters. The third-order valence-electron chi connectivity index (χ3n) is 12.6. The van der Waals surface area contributed by atoms with Gasteiger partial charge < -0.3 is 14.2 Å². The average Bonchev–Trinajstić information content (AvgIpc) is 2.92. The van der Waals surface area contributed by atoms with E-state index in [1.807, 2.05) is 6.92 Å². The first-order chi connectivity index (χ1) is 19.5. The van der Waals surface area contributed by atoms with Crippen LogP contribution in [0.1, 0.15) is 126 Å². The number of rotatable bonds is 4. The summed E-state index contributed by atoms with van der Waals surface area (Å²) < 4.78 is 16.1. The number of esters is 3. The summed E-state index contributed by atoms with van der Waals surface area (Å²) >= 11 is 0. The molecule has 2 unspecified atom stereocenters. The van der Waals surface area contributed by atoms with Crippen molar-refractivity contribution in [1.29, 1.82) is 0 Å². The van der Waals surface area contributed by atoms with Gasteiger partial charge in [0.15, 0.2) is 23.6 Å². The first-order valence-electron chi connectivity index (χ1n) is 15.1. The summed E-state index contributed by atoms with van der Waals surface area (Å²) in [6.07, 6.45) is 6.94. The number of hydrogen-bond donors (Lipinski definition) is 0. The van der Waals surface area contributed by atoms with E-state index in [1.54, 1.807) is 6.07 Å². The molecule has 1 aromatic rings. The number of benzene rings is 1. The number of Topliss-reactive ketones (excluding diaryl/α,β-unsaturated/α-hetero) is 1. The predicted molar refractivity (Wildman–Crippen MR) is 154 cm³/mol. The van der Waals surface area contributed by atoms with Crippen molar-refractivity contribution in [2.45, 2.75) is 105 Å². The van der Waals surface area contributed by atoms with E-state index in [2.05, 4.69) is 27.7 Å². The van der Waals surface area contributed by atoms with Crippen molar-refractivity contribution in [1.82, 2.24) is 0 Å². The summed E-state index contributed by atoms with van der Waals surface area (Å²) in [5, 5.41) is 0. The third-order valence-corrected chi connectivity index (χ3v) is 12.6. The molecule has 5 rings (SSSR count). The molecule has 0 heterocycles. The van der Waals surface area contributed by atoms with E-state index in [9.17, 15) is 24.0 Å². The highest BCUT2D eigenvalue weighted by Crippen LogP contribution is 2.75. The first kappa shape index (κ1) is 30.4. The first-order valence-corrected chi connectivity index (χ1v) is 15.1. The number of ketones is 1. The summed E-state index contributed by atoms with van der Waals surface area (Å²) in [4.78, 5) is 63.5. The highest BCUT2D eigenvalue weighted by molar-refractivity contribution is 6.08. The Labute approximate surface area is 248 Å². The minimum atomic E-state index is -0.684. The molecular formula is C34H44O8. The van der Waals surface area contributed by atoms with Gasteiger partial charge >= 0.3 is 17.9 Å². The van der Waals surface area contributed by atoms with Gasteiger partial charge in [-0.05, 0) is 97.0 Å². The van der Waals surface area contributed by atoms with Crippen LogP contribution in [0.15, 0.2) is 6.07 Å². The molecule has 0 amide bonds. The SMILES string of the molecule is COC(=O)[C@]1(C)CC[C@]2(C)CC[C@]3(C)C4CC(=O)c5c(cc(OC(C)=O)c(OC(C)=O)c5C=O)[C@]4(C)CC[C@@]3(C)C2C1. The third kappa shape index (κ3) is 4.10. The highest BCUT2D eigenvalue weighted by atomic mass is 16.6. The second-order valence-corrected chi connectivity index (χ2v) is 14.7. The molecule has 0 saturated heterocycles. The average molecular weight is 581 g/mol. The zero-order valence-corrected chi connectivity index (χ0v) is 26.2. The van der Waals surface area contributed by atoms with E-state index in [0.717, 1.165) is 44.9 Å². The molecular weight excluding hydrogens is 536 g/mol. The van der Waals surface area contributed by atoms with Crippen LogP contribution in [0.25, 0.3) is 0 Å². The summed E-state index contributed by atoms with van der Waals surface area (Å²) in [5.74, 6) is -1.60. The Bertz CT molecular complexity index is 1400. The van der Waals surface area contributed by atoms with Crippen LogP contribution in [0.2, 0.25) is 0 Å². The van der Waals surface area contributed by atoms with Crippen LogP contribution >= 0.6 is 0 Å². The fourth-order valence-electron chi connectivity index (χ4n) is 9.98. The lowest BCUT2D eigenvalue weighted by Gasteiger charge is -2.71. The minimum Gasteiger partial charge on any atom is -0.469 e. The van der Waals surface area contributed by atoms with E-state index >= 15 is 0 Å². The number of carbonyl (C=O) groups excluding carboxylic acids is 5. The molecule has 0 radical (unpaired) electrons. The van der Waals surface area contributed by atoms with E-state index < -0.39 is 22.8 Å². The Morgan fingerprint density at radius 2 is 1.45 bits per heavy atom. The monoisotopic (exact) mass is 580 g/mol. The van der Waals surface area contributed by atoms with Gasteiger partial charge in [-0.15, -0.1) is 0 Å². The fraction of sp³-hybridized carbons (Fsp3) is 0.676. The molecule has 8 heteroatoms. The van der Waals surface area contributed by atoms with Crippen LogP contribution in [0.5, 0.6) is 11.5 Å². The second-order valence-electron chi connectivity index (χ2n) is 14.7. The molecule has 0 spiro atoms. The van der Waals surface area contributed by atoms with Crippen molar-refractivity contribution >= 4 is 30.0 Å². The second kappa shape index (κ2) is 9.75. The Kier molecular flexibility index (Phi) is 7.06. The maximum absolute atomic E-state index is 14.1.